The molecule has 0 aromatic heterocycles. The Hall–Kier alpha value is -2.01. The molecule has 0 unspecified atom stereocenters. The molecule has 5 N–H and O–H groups in total. The molecule has 2 rings (SSSR count). The predicted molar refractivity (Wildman–Crippen MR) is 78.8 cm³/mol. The maximum atomic E-state index is 13.9. The van der Waals surface area contributed by atoms with Gasteiger partial charge >= 0.3 is 0 Å². The van der Waals surface area contributed by atoms with E-state index in [2.05, 4.69) is 5.32 Å². The minimum Gasteiger partial charge on any atom is -0.397 e. The summed E-state index contributed by atoms with van der Waals surface area (Å²) in [5, 5.41) is 2.70. The lowest BCUT2D eigenvalue weighted by atomic mass is 10.1. The lowest BCUT2D eigenvalue weighted by Gasteiger charge is -2.13. The fraction of sp³-hybridized carbons (Fsp3) is 0.143. The lowest BCUT2D eigenvalue weighted by molar-refractivity contribution is 0.625. The van der Waals surface area contributed by atoms with Gasteiger partial charge in [0.25, 0.3) is 0 Å². The third-order valence-electron chi connectivity index (χ3n) is 2.87. The summed E-state index contributed by atoms with van der Waals surface area (Å²) in [6.45, 7) is 0.394. The topological polar surface area (TPSA) is 64.1 Å². The fourth-order valence-electron chi connectivity index (χ4n) is 1.87. The average molecular weight is 298 g/mol. The molecule has 0 bridgehead atoms. The number of halogens is 3. The van der Waals surface area contributed by atoms with E-state index in [0.29, 0.717) is 13.0 Å². The smallest absolute Gasteiger partial charge is 0.169 e. The average Bonchev–Trinajstić information content (AvgIpc) is 2.40. The molecule has 0 saturated carbocycles. The molecule has 0 aliphatic heterocycles. The van der Waals surface area contributed by atoms with E-state index < -0.39 is 5.82 Å². The number of nitrogen functional groups attached to an aromatic ring is 2. The van der Waals surface area contributed by atoms with Crippen molar-refractivity contribution in [2.24, 2.45) is 0 Å². The zero-order chi connectivity index (χ0) is 14.7. The molecule has 0 aliphatic carbocycles. The Morgan fingerprint density at radius 1 is 1.10 bits per heavy atom. The van der Waals surface area contributed by atoms with Gasteiger partial charge in [-0.25, -0.2) is 8.78 Å². The Balaban J connectivity index is 2.07. The van der Waals surface area contributed by atoms with Crippen LogP contribution in [0.25, 0.3) is 0 Å². The molecule has 0 amide bonds. The Morgan fingerprint density at radius 3 is 2.55 bits per heavy atom. The van der Waals surface area contributed by atoms with Crippen LogP contribution in [0, 0.1) is 11.6 Å². The van der Waals surface area contributed by atoms with Crippen LogP contribution in [0.3, 0.4) is 0 Å². The fourth-order valence-corrected chi connectivity index (χ4v) is 2.02. The van der Waals surface area contributed by atoms with E-state index in [9.17, 15) is 8.78 Å². The lowest BCUT2D eigenvalue weighted by Crippen LogP contribution is -2.10. The molecule has 6 heteroatoms. The van der Waals surface area contributed by atoms with E-state index in [4.69, 9.17) is 23.1 Å². The van der Waals surface area contributed by atoms with E-state index in [0.717, 1.165) is 5.56 Å². The Morgan fingerprint density at radius 2 is 1.85 bits per heavy atom. The molecule has 0 spiro atoms. The van der Waals surface area contributed by atoms with Crippen LogP contribution in [0.5, 0.6) is 0 Å². The third-order valence-corrected chi connectivity index (χ3v) is 3.25. The summed E-state index contributed by atoms with van der Waals surface area (Å²) in [5.74, 6) is -0.980. The molecular weight excluding hydrogens is 284 g/mol. The number of nitrogens with two attached hydrogens (primary N) is 2. The minimum absolute atomic E-state index is 0.0948. The molecule has 0 aliphatic rings. The molecule has 0 radical (unpaired) electrons. The molecule has 2 aromatic carbocycles. The van der Waals surface area contributed by atoms with Crippen molar-refractivity contribution in [1.29, 1.82) is 0 Å². The molecule has 0 saturated heterocycles. The highest BCUT2D eigenvalue weighted by Crippen LogP contribution is 2.33. The van der Waals surface area contributed by atoms with Crippen LogP contribution < -0.4 is 16.8 Å². The Labute approximate surface area is 120 Å². The van der Waals surface area contributed by atoms with Crippen molar-refractivity contribution in [3.63, 3.8) is 0 Å². The van der Waals surface area contributed by atoms with Gasteiger partial charge in [0.2, 0.25) is 0 Å². The number of hydrogen-bond acceptors (Lipinski definition) is 3. The van der Waals surface area contributed by atoms with Gasteiger partial charge in [-0.15, -0.1) is 0 Å². The quantitative estimate of drug-likeness (QED) is 0.758. The molecule has 3 nitrogen and oxygen atoms in total. The van der Waals surface area contributed by atoms with E-state index in [-0.39, 0.29) is 27.9 Å². The van der Waals surface area contributed by atoms with Crippen LogP contribution >= 0.6 is 11.6 Å². The van der Waals surface area contributed by atoms with Crippen molar-refractivity contribution in [3.8, 4) is 0 Å². The van der Waals surface area contributed by atoms with Crippen LogP contribution in [0.1, 0.15) is 5.56 Å². The standard InChI is InChI=1S/C14H14ClF2N3/c15-12-10(18)7-11(19)14(13(12)17)20-5-4-8-2-1-3-9(16)6-8/h1-3,6-7,20H,4-5,18-19H2. The number of anilines is 3. The van der Waals surface area contributed by atoms with E-state index in [1.165, 1.54) is 18.2 Å². The van der Waals surface area contributed by atoms with Gasteiger partial charge in [-0.3, -0.25) is 0 Å². The second-order valence-electron chi connectivity index (χ2n) is 4.36. The number of nitrogens with one attached hydrogen (secondary N) is 1. The van der Waals surface area contributed by atoms with Gasteiger partial charge in [-0.05, 0) is 30.2 Å². The zero-order valence-electron chi connectivity index (χ0n) is 10.6. The van der Waals surface area contributed by atoms with Crippen LogP contribution in [0.15, 0.2) is 30.3 Å². The first kappa shape index (κ1) is 14.4. The first-order chi connectivity index (χ1) is 9.49. The van der Waals surface area contributed by atoms with Crippen molar-refractivity contribution < 1.29 is 8.78 Å². The predicted octanol–water partition coefficient (Wildman–Crippen LogP) is 3.44. The summed E-state index contributed by atoms with van der Waals surface area (Å²) in [7, 11) is 0. The molecule has 0 atom stereocenters. The second kappa shape index (κ2) is 5.96. The largest absolute Gasteiger partial charge is 0.397 e. The second-order valence-corrected chi connectivity index (χ2v) is 4.74. The van der Waals surface area contributed by atoms with Crippen molar-refractivity contribution in [3.05, 3.63) is 52.6 Å². The summed E-state index contributed by atoms with van der Waals surface area (Å²) in [4.78, 5) is 0. The summed E-state index contributed by atoms with van der Waals surface area (Å²) in [6.07, 6.45) is 0.526. The van der Waals surface area contributed by atoms with Crippen LogP contribution in [-0.4, -0.2) is 6.54 Å². The van der Waals surface area contributed by atoms with Gasteiger partial charge in [-0.1, -0.05) is 23.7 Å². The summed E-state index contributed by atoms with van der Waals surface area (Å²) in [6, 6.07) is 7.61. The number of rotatable bonds is 4. The van der Waals surface area contributed by atoms with Crippen molar-refractivity contribution in [2.75, 3.05) is 23.3 Å². The monoisotopic (exact) mass is 297 g/mol. The molecular formula is C14H14ClF2N3. The summed E-state index contributed by atoms with van der Waals surface area (Å²) >= 11 is 5.73. The Bertz CT molecular complexity index is 632. The van der Waals surface area contributed by atoms with Gasteiger partial charge in [0, 0.05) is 6.54 Å². The highest BCUT2D eigenvalue weighted by Gasteiger charge is 2.13. The summed E-state index contributed by atoms with van der Waals surface area (Å²) in [5.41, 5.74) is 12.4. The first-order valence-corrected chi connectivity index (χ1v) is 6.38. The number of benzene rings is 2. The van der Waals surface area contributed by atoms with E-state index >= 15 is 0 Å². The van der Waals surface area contributed by atoms with Crippen LogP contribution in [-0.2, 0) is 6.42 Å². The molecule has 106 valence electrons. The van der Waals surface area contributed by atoms with Crippen LogP contribution in [0.4, 0.5) is 25.8 Å². The molecule has 0 fully saturated rings. The zero-order valence-corrected chi connectivity index (χ0v) is 11.3. The summed E-state index contributed by atoms with van der Waals surface area (Å²) < 4.78 is 26.9. The third kappa shape index (κ3) is 3.11. The van der Waals surface area contributed by atoms with Gasteiger partial charge in [0.15, 0.2) is 5.82 Å². The van der Waals surface area contributed by atoms with Gasteiger partial charge in [0.1, 0.15) is 10.8 Å². The Kier molecular flexibility index (Phi) is 4.29. The van der Waals surface area contributed by atoms with E-state index in [1.54, 1.807) is 12.1 Å². The van der Waals surface area contributed by atoms with Crippen molar-refractivity contribution in [1.82, 2.24) is 0 Å². The minimum atomic E-state index is -0.677. The SMILES string of the molecule is Nc1cc(N)c(NCCc2cccc(F)c2)c(F)c1Cl. The van der Waals surface area contributed by atoms with Crippen LogP contribution in [0.2, 0.25) is 5.02 Å². The van der Waals surface area contributed by atoms with Gasteiger partial charge in [-0.2, -0.15) is 0 Å². The normalized spacial score (nSPS) is 10.6. The highest BCUT2D eigenvalue weighted by molar-refractivity contribution is 6.33. The first-order valence-electron chi connectivity index (χ1n) is 6.00. The van der Waals surface area contributed by atoms with E-state index in [1.807, 2.05) is 0 Å². The van der Waals surface area contributed by atoms with Crippen molar-refractivity contribution >= 4 is 28.7 Å². The highest BCUT2D eigenvalue weighted by atomic mass is 35.5. The maximum Gasteiger partial charge on any atom is 0.169 e. The van der Waals surface area contributed by atoms with Crippen molar-refractivity contribution in [2.45, 2.75) is 6.42 Å². The maximum absolute atomic E-state index is 13.9. The molecule has 0 heterocycles. The molecule has 2 aromatic rings. The molecule has 20 heavy (non-hydrogen) atoms. The van der Waals surface area contributed by atoms with Gasteiger partial charge in [0.05, 0.1) is 17.1 Å². The number of hydrogen-bond donors (Lipinski definition) is 3. The van der Waals surface area contributed by atoms with Gasteiger partial charge < -0.3 is 16.8 Å².